The third kappa shape index (κ3) is 42.2. The van der Waals surface area contributed by atoms with E-state index in [1.54, 1.807) is 0 Å². The summed E-state index contributed by atoms with van der Waals surface area (Å²) in [6, 6.07) is 0. The summed E-state index contributed by atoms with van der Waals surface area (Å²) in [5.74, 6) is -1.14. The predicted molar refractivity (Wildman–Crippen MR) is 236 cm³/mol. The number of hydrogen-bond acceptors (Lipinski definition) is 11. The first-order valence-corrected chi connectivity index (χ1v) is 24.8. The zero-order valence-corrected chi connectivity index (χ0v) is 37.9. The van der Waals surface area contributed by atoms with E-state index in [4.69, 9.17) is 23.8 Å². The zero-order valence-electron chi connectivity index (χ0n) is 36.1. The second-order valence-corrected chi connectivity index (χ2v) is 17.2. The van der Waals surface area contributed by atoms with Gasteiger partial charge in [-0.25, -0.2) is 9.13 Å². The van der Waals surface area contributed by atoms with Crippen molar-refractivity contribution >= 4 is 27.6 Å². The van der Waals surface area contributed by atoms with Crippen LogP contribution in [-0.2, 0) is 41.8 Å². The number of aliphatic hydroxyl groups excluding tert-OH is 2. The number of hydrogen-bond donors (Lipinski definition) is 5. The molecular formula is C44H76O14P2. The SMILES string of the molecule is CCCCCC/C=C\C=C/CCCCCCCC(=O)OC[C@H](COP(=O)(O)OC[C@@H](O)COP(=O)(O)O)OC(=O)CCC/C=C\C/C=C\C/C=C\C/C=C\[C@H](O)CCCC. The van der Waals surface area contributed by atoms with Gasteiger partial charge in [-0.1, -0.05) is 138 Å². The van der Waals surface area contributed by atoms with E-state index in [1.807, 2.05) is 30.4 Å². The maximum atomic E-state index is 12.6. The number of phosphoric acid groups is 2. The van der Waals surface area contributed by atoms with Crippen molar-refractivity contribution in [3.05, 3.63) is 72.9 Å². The van der Waals surface area contributed by atoms with E-state index < -0.39 is 66.2 Å². The molecule has 60 heavy (non-hydrogen) atoms. The molecule has 0 aromatic carbocycles. The number of rotatable bonds is 40. The molecule has 346 valence electrons. The number of allylic oxidation sites excluding steroid dienone is 11. The van der Waals surface area contributed by atoms with Gasteiger partial charge in [0.1, 0.15) is 12.7 Å². The minimum atomic E-state index is -4.88. The Morgan fingerprint density at radius 3 is 1.70 bits per heavy atom. The third-order valence-electron chi connectivity index (χ3n) is 8.66. The molecule has 0 rings (SSSR count). The fourth-order valence-corrected chi connectivity index (χ4v) is 6.45. The van der Waals surface area contributed by atoms with Crippen LogP contribution in [0.5, 0.6) is 0 Å². The molecule has 14 nitrogen and oxygen atoms in total. The van der Waals surface area contributed by atoms with Gasteiger partial charge in [0.05, 0.1) is 25.9 Å². The Balaban J connectivity index is 4.69. The van der Waals surface area contributed by atoms with Crippen LogP contribution in [0.1, 0.15) is 149 Å². The summed E-state index contributed by atoms with van der Waals surface area (Å²) in [7, 11) is -9.72. The molecule has 0 amide bonds. The summed E-state index contributed by atoms with van der Waals surface area (Å²) in [6.45, 7) is 1.48. The average molecular weight is 891 g/mol. The van der Waals surface area contributed by atoms with Gasteiger partial charge in [-0.05, 0) is 70.6 Å². The van der Waals surface area contributed by atoms with Crippen molar-refractivity contribution < 1.29 is 66.7 Å². The van der Waals surface area contributed by atoms with Crippen LogP contribution in [0.25, 0.3) is 0 Å². The van der Waals surface area contributed by atoms with Crippen molar-refractivity contribution in [3.8, 4) is 0 Å². The quantitative estimate of drug-likeness (QED) is 0.0127. The van der Waals surface area contributed by atoms with Crippen LogP contribution in [0, 0.1) is 0 Å². The van der Waals surface area contributed by atoms with E-state index in [0.717, 1.165) is 77.0 Å². The number of esters is 2. The van der Waals surface area contributed by atoms with Gasteiger partial charge in [0.15, 0.2) is 6.10 Å². The lowest BCUT2D eigenvalue weighted by atomic mass is 10.1. The van der Waals surface area contributed by atoms with E-state index in [-0.39, 0.29) is 18.9 Å². The molecule has 0 heterocycles. The molecule has 0 saturated carbocycles. The van der Waals surface area contributed by atoms with E-state index in [9.17, 15) is 33.8 Å². The lowest BCUT2D eigenvalue weighted by molar-refractivity contribution is -0.161. The first-order valence-electron chi connectivity index (χ1n) is 21.7. The van der Waals surface area contributed by atoms with Gasteiger partial charge >= 0.3 is 27.6 Å². The molecular weight excluding hydrogens is 814 g/mol. The molecule has 0 fully saturated rings. The number of phosphoric ester groups is 2. The van der Waals surface area contributed by atoms with E-state index in [1.165, 1.54) is 25.7 Å². The topological polar surface area (TPSA) is 216 Å². The van der Waals surface area contributed by atoms with Crippen LogP contribution in [0.4, 0.5) is 0 Å². The molecule has 0 aliphatic rings. The van der Waals surface area contributed by atoms with E-state index in [0.29, 0.717) is 19.3 Å². The molecule has 0 aliphatic carbocycles. The summed E-state index contributed by atoms with van der Waals surface area (Å²) < 4.78 is 47.7. The summed E-state index contributed by atoms with van der Waals surface area (Å²) in [6.07, 6.45) is 39.5. The van der Waals surface area contributed by atoms with Crippen LogP contribution < -0.4 is 0 Å². The molecule has 1 unspecified atom stereocenters. The standard InChI is InChI=1S/C44H76O14P2/c1-3-5-7-8-9-10-11-12-13-14-18-21-24-27-30-34-43(47)54-38-42(39-57-60(52,53)56-37-41(46)36-55-59(49,50)51)58-44(48)35-31-28-25-22-19-16-15-17-20-23-26-29-33-40(45)32-6-4-2/h10-13,15-16,20,22-23,25,29,33,40-42,45-46H,3-9,14,17-19,21,24,26-28,30-32,34-39H2,1-2H3,(H,52,53)(H2,49,50,51)/b11-10-,13-12-,16-15-,23-20-,25-22-,33-29-/t40-,41+,42-/m1/s1. The van der Waals surface area contributed by atoms with E-state index >= 15 is 0 Å². The van der Waals surface area contributed by atoms with Crippen LogP contribution in [0.15, 0.2) is 72.9 Å². The van der Waals surface area contributed by atoms with E-state index in [2.05, 4.69) is 65.4 Å². The molecule has 0 aliphatic heterocycles. The maximum absolute atomic E-state index is 12.6. The van der Waals surface area contributed by atoms with Crippen LogP contribution in [0.3, 0.4) is 0 Å². The van der Waals surface area contributed by atoms with Gasteiger partial charge in [0.25, 0.3) is 0 Å². The van der Waals surface area contributed by atoms with Crippen molar-refractivity contribution in [1.29, 1.82) is 0 Å². The van der Waals surface area contributed by atoms with Crippen LogP contribution >= 0.6 is 15.6 Å². The highest BCUT2D eigenvalue weighted by molar-refractivity contribution is 7.47. The Labute approximate surface area is 359 Å². The monoisotopic (exact) mass is 890 g/mol. The van der Waals surface area contributed by atoms with Crippen molar-refractivity contribution in [2.75, 3.05) is 26.4 Å². The smallest absolute Gasteiger partial charge is 0.462 e. The molecule has 0 spiro atoms. The fourth-order valence-electron chi connectivity index (χ4n) is 5.29. The number of aliphatic hydroxyl groups is 2. The average Bonchev–Trinajstić information content (AvgIpc) is 3.20. The number of unbranched alkanes of at least 4 members (excludes halogenated alkanes) is 11. The molecule has 0 aromatic rings. The van der Waals surface area contributed by atoms with Gasteiger partial charge in [-0.15, -0.1) is 0 Å². The van der Waals surface area contributed by atoms with Crippen molar-refractivity contribution in [1.82, 2.24) is 0 Å². The summed E-state index contributed by atoms with van der Waals surface area (Å²) in [5.41, 5.74) is 0. The number of carbonyl (C=O) groups is 2. The number of carbonyl (C=O) groups excluding carboxylic acids is 2. The Morgan fingerprint density at radius 2 is 1.07 bits per heavy atom. The Bertz CT molecular complexity index is 1350. The first kappa shape index (κ1) is 57.5. The molecule has 0 saturated heterocycles. The fraction of sp³-hybridized carbons (Fsp3) is 0.682. The van der Waals surface area contributed by atoms with Gasteiger partial charge in [0.2, 0.25) is 0 Å². The molecule has 0 aromatic heterocycles. The first-order chi connectivity index (χ1) is 28.8. The lowest BCUT2D eigenvalue weighted by Gasteiger charge is -2.20. The van der Waals surface area contributed by atoms with Crippen LogP contribution in [0.2, 0.25) is 0 Å². The Kier molecular flexibility index (Phi) is 37.7. The highest BCUT2D eigenvalue weighted by atomic mass is 31.2. The largest absolute Gasteiger partial charge is 0.472 e. The highest BCUT2D eigenvalue weighted by Crippen LogP contribution is 2.43. The van der Waals surface area contributed by atoms with Crippen molar-refractivity contribution in [3.63, 3.8) is 0 Å². The molecule has 16 heteroatoms. The van der Waals surface area contributed by atoms with Gasteiger partial charge < -0.3 is 34.4 Å². The minimum absolute atomic E-state index is 0.0319. The Hall–Kier alpha value is -2.48. The van der Waals surface area contributed by atoms with Gasteiger partial charge in [0, 0.05) is 12.8 Å². The Morgan fingerprint density at radius 1 is 0.550 bits per heavy atom. The van der Waals surface area contributed by atoms with Crippen molar-refractivity contribution in [2.24, 2.45) is 0 Å². The van der Waals surface area contributed by atoms with Crippen LogP contribution in [-0.4, -0.2) is 81.6 Å². The molecule has 0 bridgehead atoms. The van der Waals surface area contributed by atoms with Gasteiger partial charge in [-0.3, -0.25) is 23.2 Å². The second kappa shape index (κ2) is 39.4. The number of ether oxygens (including phenoxy) is 2. The normalized spacial score (nSPS) is 15.2. The van der Waals surface area contributed by atoms with Crippen molar-refractivity contribution in [2.45, 2.75) is 167 Å². The third-order valence-corrected chi connectivity index (χ3v) is 10.1. The highest BCUT2D eigenvalue weighted by Gasteiger charge is 2.28. The second-order valence-electron chi connectivity index (χ2n) is 14.5. The lowest BCUT2D eigenvalue weighted by Crippen LogP contribution is -2.29. The van der Waals surface area contributed by atoms with Gasteiger partial charge in [-0.2, -0.15) is 0 Å². The summed E-state index contributed by atoms with van der Waals surface area (Å²) in [5, 5.41) is 19.6. The molecule has 4 atom stereocenters. The summed E-state index contributed by atoms with van der Waals surface area (Å²) >= 11 is 0. The minimum Gasteiger partial charge on any atom is -0.462 e. The zero-order chi connectivity index (χ0) is 44.6. The summed E-state index contributed by atoms with van der Waals surface area (Å²) in [4.78, 5) is 52.6. The molecule has 5 N–H and O–H groups in total. The maximum Gasteiger partial charge on any atom is 0.472 e. The predicted octanol–water partition coefficient (Wildman–Crippen LogP) is 9.98. The molecule has 0 radical (unpaired) electrons.